The molecule has 1 aromatic carbocycles. The van der Waals surface area contributed by atoms with Crippen LogP contribution in [-0.2, 0) is 20.9 Å². The number of hydrogen-bond acceptors (Lipinski definition) is 3. The molecule has 1 amide bonds. The van der Waals surface area contributed by atoms with Gasteiger partial charge in [-0.1, -0.05) is 36.7 Å². The lowest BCUT2D eigenvalue weighted by atomic mass is 10.2. The lowest BCUT2D eigenvalue weighted by Crippen LogP contribution is -2.28. The topological polar surface area (TPSA) is 55.4 Å². The second-order valence-electron chi connectivity index (χ2n) is 4.80. The van der Waals surface area contributed by atoms with Crippen LogP contribution in [0.4, 0.5) is 0 Å². The molecule has 0 bridgehead atoms. The van der Waals surface area contributed by atoms with Crippen molar-refractivity contribution >= 4 is 23.5 Å². The predicted molar refractivity (Wildman–Crippen MR) is 71.5 cm³/mol. The highest BCUT2D eigenvalue weighted by Crippen LogP contribution is 2.38. The molecular formula is C14H16ClNO3. The Bertz CT molecular complexity index is 489. The minimum atomic E-state index is -0.318. The van der Waals surface area contributed by atoms with Gasteiger partial charge in [0.25, 0.3) is 5.91 Å². The largest absolute Gasteiger partial charge is 0.455 e. The smallest absolute Gasteiger partial charge is 0.309 e. The number of benzene rings is 1. The fourth-order valence-corrected chi connectivity index (χ4v) is 1.98. The van der Waals surface area contributed by atoms with Crippen molar-refractivity contribution in [1.29, 1.82) is 0 Å². The molecule has 2 atom stereocenters. The van der Waals surface area contributed by atoms with Gasteiger partial charge in [-0.15, -0.1) is 0 Å². The van der Waals surface area contributed by atoms with Gasteiger partial charge in [0.05, 0.1) is 5.92 Å². The monoisotopic (exact) mass is 281 g/mol. The molecule has 0 spiro atoms. The molecule has 0 radical (unpaired) electrons. The van der Waals surface area contributed by atoms with Crippen molar-refractivity contribution in [2.24, 2.45) is 11.8 Å². The van der Waals surface area contributed by atoms with Crippen LogP contribution in [0, 0.1) is 11.8 Å². The summed E-state index contributed by atoms with van der Waals surface area (Å²) in [5.41, 5.74) is 0.833. The van der Waals surface area contributed by atoms with Gasteiger partial charge in [-0.25, -0.2) is 0 Å². The van der Waals surface area contributed by atoms with Gasteiger partial charge in [0.15, 0.2) is 6.61 Å². The molecule has 1 N–H and O–H groups in total. The molecule has 1 aliphatic rings. The Morgan fingerprint density at radius 2 is 2.11 bits per heavy atom. The Morgan fingerprint density at radius 3 is 2.74 bits per heavy atom. The average molecular weight is 282 g/mol. The summed E-state index contributed by atoms with van der Waals surface area (Å²) in [6.07, 6.45) is 0.861. The van der Waals surface area contributed by atoms with E-state index in [0.717, 1.165) is 12.0 Å². The van der Waals surface area contributed by atoms with E-state index in [0.29, 0.717) is 17.5 Å². The molecular weight excluding hydrogens is 266 g/mol. The molecule has 102 valence electrons. The Balaban J connectivity index is 1.70. The summed E-state index contributed by atoms with van der Waals surface area (Å²) < 4.78 is 4.93. The van der Waals surface area contributed by atoms with Crippen molar-refractivity contribution in [3.05, 3.63) is 34.9 Å². The number of esters is 1. The number of amides is 1. The van der Waals surface area contributed by atoms with Crippen LogP contribution in [0.15, 0.2) is 24.3 Å². The first kappa shape index (κ1) is 13.9. The summed E-state index contributed by atoms with van der Waals surface area (Å²) >= 11 is 5.96. The Hall–Kier alpha value is -1.55. The normalized spacial score (nSPS) is 20.7. The van der Waals surface area contributed by atoms with Gasteiger partial charge in [-0.3, -0.25) is 9.59 Å². The second kappa shape index (κ2) is 6.06. The number of hydrogen-bond donors (Lipinski definition) is 1. The van der Waals surface area contributed by atoms with Crippen LogP contribution >= 0.6 is 11.6 Å². The maximum Gasteiger partial charge on any atom is 0.309 e. The number of nitrogens with one attached hydrogen (secondary N) is 1. The van der Waals surface area contributed by atoms with Crippen LogP contribution in [0.5, 0.6) is 0 Å². The zero-order chi connectivity index (χ0) is 13.8. The molecule has 0 aliphatic heterocycles. The highest BCUT2D eigenvalue weighted by Gasteiger charge is 2.40. The second-order valence-corrected chi connectivity index (χ2v) is 5.20. The third kappa shape index (κ3) is 3.96. The van der Waals surface area contributed by atoms with Crippen LogP contribution < -0.4 is 5.32 Å². The van der Waals surface area contributed by atoms with Crippen LogP contribution in [0.3, 0.4) is 0 Å². The van der Waals surface area contributed by atoms with E-state index in [1.807, 2.05) is 25.1 Å². The van der Waals surface area contributed by atoms with Crippen LogP contribution in [0.2, 0.25) is 5.02 Å². The van der Waals surface area contributed by atoms with E-state index < -0.39 is 0 Å². The minimum Gasteiger partial charge on any atom is -0.455 e. The highest BCUT2D eigenvalue weighted by molar-refractivity contribution is 6.31. The Morgan fingerprint density at radius 1 is 1.42 bits per heavy atom. The Labute approximate surface area is 117 Å². The van der Waals surface area contributed by atoms with E-state index >= 15 is 0 Å². The zero-order valence-electron chi connectivity index (χ0n) is 10.7. The average Bonchev–Trinajstić information content (AvgIpc) is 3.12. The quantitative estimate of drug-likeness (QED) is 0.842. The number of ether oxygens (including phenoxy) is 1. The highest BCUT2D eigenvalue weighted by atomic mass is 35.5. The summed E-state index contributed by atoms with van der Waals surface area (Å²) in [5, 5.41) is 3.27. The van der Waals surface area contributed by atoms with Crippen LogP contribution in [0.25, 0.3) is 0 Å². The summed E-state index contributed by atoms with van der Waals surface area (Å²) in [5.74, 6) is -0.225. The summed E-state index contributed by atoms with van der Waals surface area (Å²) in [6.45, 7) is 2.09. The molecule has 5 heteroatoms. The fraction of sp³-hybridized carbons (Fsp3) is 0.429. The lowest BCUT2D eigenvalue weighted by Gasteiger charge is -2.07. The maximum absolute atomic E-state index is 11.5. The SMILES string of the molecule is C[C@@H]1C[C@@H]1C(=O)OCC(=O)NCc1ccccc1Cl. The molecule has 1 aromatic rings. The molecule has 0 heterocycles. The van der Waals surface area contributed by atoms with Crippen molar-refractivity contribution in [1.82, 2.24) is 5.32 Å². The molecule has 0 saturated heterocycles. The van der Waals surface area contributed by atoms with Crippen molar-refractivity contribution in [3.8, 4) is 0 Å². The predicted octanol–water partition coefficient (Wildman–Crippen LogP) is 2.16. The Kier molecular flexibility index (Phi) is 4.43. The first-order valence-electron chi connectivity index (χ1n) is 6.24. The van der Waals surface area contributed by atoms with Gasteiger partial charge in [0, 0.05) is 11.6 Å². The third-order valence-electron chi connectivity index (χ3n) is 3.19. The summed E-state index contributed by atoms with van der Waals surface area (Å²) in [4.78, 5) is 23.0. The molecule has 1 fully saturated rings. The molecule has 4 nitrogen and oxygen atoms in total. The van der Waals surface area contributed by atoms with E-state index in [1.165, 1.54) is 0 Å². The molecule has 19 heavy (non-hydrogen) atoms. The van der Waals surface area contributed by atoms with E-state index in [2.05, 4.69) is 5.32 Å². The van der Waals surface area contributed by atoms with Crippen LogP contribution in [0.1, 0.15) is 18.9 Å². The number of carbonyl (C=O) groups excluding carboxylic acids is 2. The molecule has 0 aromatic heterocycles. The molecule has 0 unspecified atom stereocenters. The van der Waals surface area contributed by atoms with E-state index in [4.69, 9.17) is 16.3 Å². The molecule has 1 saturated carbocycles. The van der Waals surface area contributed by atoms with Gasteiger partial charge in [0.2, 0.25) is 0 Å². The number of carbonyl (C=O) groups is 2. The first-order chi connectivity index (χ1) is 9.08. The standard InChI is InChI=1S/C14H16ClNO3/c1-9-6-11(9)14(18)19-8-13(17)16-7-10-4-2-3-5-12(10)15/h2-5,9,11H,6-8H2,1H3,(H,16,17)/t9-,11+/m1/s1. The number of halogens is 1. The maximum atomic E-state index is 11.5. The molecule has 1 aliphatic carbocycles. The van der Waals surface area contributed by atoms with Crippen LogP contribution in [-0.4, -0.2) is 18.5 Å². The first-order valence-corrected chi connectivity index (χ1v) is 6.62. The van der Waals surface area contributed by atoms with Gasteiger partial charge in [-0.05, 0) is 24.0 Å². The van der Waals surface area contributed by atoms with E-state index in [-0.39, 0.29) is 24.4 Å². The number of rotatable bonds is 5. The van der Waals surface area contributed by atoms with E-state index in [1.54, 1.807) is 6.07 Å². The molecule has 2 rings (SSSR count). The van der Waals surface area contributed by atoms with Crippen molar-refractivity contribution in [2.75, 3.05) is 6.61 Å². The summed E-state index contributed by atoms with van der Waals surface area (Å²) in [7, 11) is 0. The zero-order valence-corrected chi connectivity index (χ0v) is 11.4. The fourth-order valence-electron chi connectivity index (χ4n) is 1.78. The van der Waals surface area contributed by atoms with Gasteiger partial charge in [-0.2, -0.15) is 0 Å². The van der Waals surface area contributed by atoms with E-state index in [9.17, 15) is 9.59 Å². The van der Waals surface area contributed by atoms with Gasteiger partial charge in [0.1, 0.15) is 0 Å². The van der Waals surface area contributed by atoms with Crippen molar-refractivity contribution in [2.45, 2.75) is 19.9 Å². The minimum absolute atomic E-state index is 0.0173. The van der Waals surface area contributed by atoms with Gasteiger partial charge < -0.3 is 10.1 Å². The van der Waals surface area contributed by atoms with Crippen molar-refractivity contribution in [3.63, 3.8) is 0 Å². The van der Waals surface area contributed by atoms with Gasteiger partial charge >= 0.3 is 5.97 Å². The lowest BCUT2D eigenvalue weighted by molar-refractivity contribution is -0.150. The summed E-state index contributed by atoms with van der Waals surface area (Å²) in [6, 6.07) is 7.27. The third-order valence-corrected chi connectivity index (χ3v) is 3.56. The van der Waals surface area contributed by atoms with Crippen molar-refractivity contribution < 1.29 is 14.3 Å².